The summed E-state index contributed by atoms with van der Waals surface area (Å²) in [5.74, 6) is 0.0199. The average molecular weight is 291 g/mol. The van der Waals surface area contributed by atoms with E-state index in [4.69, 9.17) is 0 Å². The van der Waals surface area contributed by atoms with Crippen molar-refractivity contribution < 1.29 is 9.59 Å². The molecule has 1 aromatic rings. The number of benzene rings is 1. The summed E-state index contributed by atoms with van der Waals surface area (Å²) in [6.45, 7) is 4.08. The minimum Gasteiger partial charge on any atom is -0.354 e. The second kappa shape index (κ2) is 9.13. The van der Waals surface area contributed by atoms with Gasteiger partial charge < -0.3 is 15.1 Å². The molecule has 5 heteroatoms. The number of carbonyl (C=O) groups excluding carboxylic acids is 2. The number of hydrogen-bond donors (Lipinski definition) is 1. The van der Waals surface area contributed by atoms with E-state index >= 15 is 0 Å². The molecule has 0 aromatic heterocycles. The number of amides is 2. The first-order valence-electron chi connectivity index (χ1n) is 7.20. The van der Waals surface area contributed by atoms with Gasteiger partial charge in [0.25, 0.3) is 0 Å². The molecule has 0 aliphatic rings. The van der Waals surface area contributed by atoms with E-state index < -0.39 is 0 Å². The van der Waals surface area contributed by atoms with Crippen LogP contribution in [-0.4, -0.2) is 61.9 Å². The minimum atomic E-state index is -0.0164. The number of nitrogens with one attached hydrogen (secondary N) is 1. The van der Waals surface area contributed by atoms with E-state index in [9.17, 15) is 9.59 Å². The van der Waals surface area contributed by atoms with E-state index in [0.717, 1.165) is 12.1 Å². The normalized spacial score (nSPS) is 10.5. The number of carbonyl (C=O) groups is 2. The van der Waals surface area contributed by atoms with Gasteiger partial charge in [-0.1, -0.05) is 30.3 Å². The van der Waals surface area contributed by atoms with Gasteiger partial charge in [-0.25, -0.2) is 0 Å². The molecule has 0 saturated carbocycles. The van der Waals surface area contributed by atoms with Gasteiger partial charge in [-0.05, 0) is 19.7 Å². The van der Waals surface area contributed by atoms with E-state index in [1.165, 1.54) is 0 Å². The maximum atomic E-state index is 11.8. The highest BCUT2D eigenvalue weighted by Gasteiger charge is 2.09. The smallest absolute Gasteiger partial charge is 0.224 e. The van der Waals surface area contributed by atoms with Gasteiger partial charge in [0.05, 0.1) is 6.42 Å². The van der Waals surface area contributed by atoms with Crippen LogP contribution >= 0.6 is 0 Å². The monoisotopic (exact) mass is 291 g/mol. The molecule has 1 N–H and O–H groups in total. The lowest BCUT2D eigenvalue weighted by Crippen LogP contribution is -2.41. The minimum absolute atomic E-state index is 0.0164. The third-order valence-corrected chi connectivity index (χ3v) is 3.17. The van der Waals surface area contributed by atoms with E-state index in [0.29, 0.717) is 26.1 Å². The quantitative estimate of drug-likeness (QED) is 0.769. The largest absolute Gasteiger partial charge is 0.354 e. The lowest BCUT2D eigenvalue weighted by atomic mass is 10.1. The van der Waals surface area contributed by atoms with Crippen LogP contribution in [-0.2, 0) is 16.0 Å². The van der Waals surface area contributed by atoms with Crippen LogP contribution in [0.3, 0.4) is 0 Å². The molecule has 0 aliphatic heterocycles. The summed E-state index contributed by atoms with van der Waals surface area (Å²) in [5.41, 5.74) is 0.992. The van der Waals surface area contributed by atoms with Gasteiger partial charge in [0.2, 0.25) is 11.8 Å². The second-order valence-corrected chi connectivity index (χ2v) is 5.32. The van der Waals surface area contributed by atoms with Crippen molar-refractivity contribution in [1.29, 1.82) is 0 Å². The highest BCUT2D eigenvalue weighted by Crippen LogP contribution is 1.99. The Bertz CT molecular complexity index is 446. The molecule has 0 aliphatic carbocycles. The Morgan fingerprint density at radius 1 is 1.05 bits per heavy atom. The Kier molecular flexibility index (Phi) is 7.46. The molecule has 0 heterocycles. The lowest BCUT2D eigenvalue weighted by Gasteiger charge is -2.23. The predicted octanol–water partition coefficient (Wildman–Crippen LogP) is 0.755. The third-order valence-electron chi connectivity index (χ3n) is 3.17. The van der Waals surface area contributed by atoms with E-state index in [2.05, 4.69) is 5.32 Å². The molecular formula is C16H25N3O2. The van der Waals surface area contributed by atoms with Crippen LogP contribution in [0.15, 0.2) is 30.3 Å². The van der Waals surface area contributed by atoms with Crippen molar-refractivity contribution in [3.05, 3.63) is 35.9 Å². The Labute approximate surface area is 126 Å². The lowest BCUT2D eigenvalue weighted by molar-refractivity contribution is -0.129. The van der Waals surface area contributed by atoms with Crippen molar-refractivity contribution in [2.24, 2.45) is 0 Å². The molecule has 0 atom stereocenters. The number of nitrogens with zero attached hydrogens (tertiary/aromatic N) is 2. The van der Waals surface area contributed by atoms with Crippen LogP contribution in [0.25, 0.3) is 0 Å². The van der Waals surface area contributed by atoms with Crippen molar-refractivity contribution in [3.63, 3.8) is 0 Å². The van der Waals surface area contributed by atoms with Gasteiger partial charge in [0.15, 0.2) is 0 Å². The molecule has 21 heavy (non-hydrogen) atoms. The molecule has 0 radical (unpaired) electrons. The molecule has 116 valence electrons. The molecule has 5 nitrogen and oxygen atoms in total. The van der Waals surface area contributed by atoms with Crippen LogP contribution in [0, 0.1) is 0 Å². The van der Waals surface area contributed by atoms with Crippen LogP contribution in [0.1, 0.15) is 12.5 Å². The zero-order valence-electron chi connectivity index (χ0n) is 13.1. The predicted molar refractivity (Wildman–Crippen MR) is 84.0 cm³/mol. The summed E-state index contributed by atoms with van der Waals surface area (Å²) in [5, 5.41) is 2.86. The molecule has 2 amide bonds. The number of hydrogen-bond acceptors (Lipinski definition) is 3. The molecule has 0 unspecified atom stereocenters. The summed E-state index contributed by atoms with van der Waals surface area (Å²) in [6, 6.07) is 9.62. The molecular weight excluding hydrogens is 266 g/mol. The van der Waals surface area contributed by atoms with Crippen LogP contribution < -0.4 is 5.32 Å². The van der Waals surface area contributed by atoms with Gasteiger partial charge in [0.1, 0.15) is 0 Å². The van der Waals surface area contributed by atoms with Gasteiger partial charge in [-0.15, -0.1) is 0 Å². The second-order valence-electron chi connectivity index (χ2n) is 5.32. The highest BCUT2D eigenvalue weighted by molar-refractivity contribution is 5.78. The Morgan fingerprint density at radius 3 is 2.29 bits per heavy atom. The maximum absolute atomic E-state index is 11.8. The summed E-state index contributed by atoms with van der Waals surface area (Å²) in [6.07, 6.45) is 0.374. The summed E-state index contributed by atoms with van der Waals surface area (Å²) >= 11 is 0. The van der Waals surface area contributed by atoms with Crippen LogP contribution in [0.5, 0.6) is 0 Å². The van der Waals surface area contributed by atoms with Crippen molar-refractivity contribution in [3.8, 4) is 0 Å². The Balaban J connectivity index is 2.29. The van der Waals surface area contributed by atoms with E-state index in [-0.39, 0.29) is 11.8 Å². The average Bonchev–Trinajstić information content (AvgIpc) is 2.43. The fourth-order valence-electron chi connectivity index (χ4n) is 1.92. The van der Waals surface area contributed by atoms with Gasteiger partial charge in [-0.2, -0.15) is 0 Å². The highest BCUT2D eigenvalue weighted by atomic mass is 16.2. The first-order valence-corrected chi connectivity index (χ1v) is 7.20. The first kappa shape index (κ1) is 17.2. The van der Waals surface area contributed by atoms with Crippen molar-refractivity contribution >= 4 is 11.8 Å². The van der Waals surface area contributed by atoms with Crippen molar-refractivity contribution in [2.45, 2.75) is 13.3 Å². The van der Waals surface area contributed by atoms with Crippen molar-refractivity contribution in [1.82, 2.24) is 15.1 Å². The Morgan fingerprint density at radius 2 is 1.71 bits per heavy atom. The topological polar surface area (TPSA) is 52.7 Å². The maximum Gasteiger partial charge on any atom is 0.224 e. The summed E-state index contributed by atoms with van der Waals surface area (Å²) < 4.78 is 0. The molecule has 0 fully saturated rings. The standard InChI is InChI=1S/C16H25N3O2/c1-14(20)19(12-11-18(2)3)10-9-17-16(21)13-15-7-5-4-6-8-15/h4-8H,9-13H2,1-3H3,(H,17,21). The van der Waals surface area contributed by atoms with E-state index in [1.54, 1.807) is 11.8 Å². The van der Waals surface area contributed by atoms with Gasteiger partial charge >= 0.3 is 0 Å². The summed E-state index contributed by atoms with van der Waals surface area (Å²) in [4.78, 5) is 27.1. The SMILES string of the molecule is CC(=O)N(CCNC(=O)Cc1ccccc1)CCN(C)C. The van der Waals surface area contributed by atoms with Gasteiger partial charge in [0, 0.05) is 33.1 Å². The van der Waals surface area contributed by atoms with Crippen molar-refractivity contribution in [2.75, 3.05) is 40.3 Å². The van der Waals surface area contributed by atoms with Crippen LogP contribution in [0.4, 0.5) is 0 Å². The Hall–Kier alpha value is -1.88. The fraction of sp³-hybridized carbons (Fsp3) is 0.500. The summed E-state index contributed by atoms with van der Waals surface area (Å²) in [7, 11) is 3.94. The zero-order valence-corrected chi connectivity index (χ0v) is 13.1. The number of rotatable bonds is 8. The molecule has 1 aromatic carbocycles. The molecule has 0 spiro atoms. The molecule has 1 rings (SSSR count). The van der Waals surface area contributed by atoms with Crippen LogP contribution in [0.2, 0.25) is 0 Å². The van der Waals surface area contributed by atoms with Gasteiger partial charge in [-0.3, -0.25) is 9.59 Å². The first-order chi connectivity index (χ1) is 9.99. The third kappa shape index (κ3) is 7.46. The number of likely N-dealkylation sites (N-methyl/N-ethyl adjacent to an activating group) is 1. The fourth-order valence-corrected chi connectivity index (χ4v) is 1.92. The molecule has 0 bridgehead atoms. The molecule has 0 saturated heterocycles. The zero-order chi connectivity index (χ0) is 15.7. The van der Waals surface area contributed by atoms with E-state index in [1.807, 2.05) is 49.3 Å².